The van der Waals surface area contributed by atoms with E-state index in [2.05, 4.69) is 0 Å². The molecular weight excluding hydrogens is 366 g/mol. The van der Waals surface area contributed by atoms with Crippen LogP contribution in [0, 0.1) is 5.92 Å². The highest BCUT2D eigenvalue weighted by atomic mass is 32.2. The molecule has 0 aliphatic carbocycles. The highest BCUT2D eigenvalue weighted by Gasteiger charge is 2.29. The number of hydrogen-bond donors (Lipinski definition) is 1. The van der Waals surface area contributed by atoms with Crippen LogP contribution in [-0.4, -0.2) is 48.4 Å². The van der Waals surface area contributed by atoms with Crippen LogP contribution >= 0.6 is 0 Å². The Morgan fingerprint density at radius 2 is 2.04 bits per heavy atom. The number of fused-ring (bicyclic) bond motifs is 1. The van der Waals surface area contributed by atoms with Crippen molar-refractivity contribution < 1.29 is 18.0 Å². The summed E-state index contributed by atoms with van der Waals surface area (Å²) in [5.74, 6) is -0.333. The zero-order valence-electron chi connectivity index (χ0n) is 15.6. The van der Waals surface area contributed by atoms with E-state index < -0.39 is 10.0 Å². The van der Waals surface area contributed by atoms with E-state index in [4.69, 9.17) is 5.14 Å². The number of aryl methyl sites for hydroxylation is 1. The van der Waals surface area contributed by atoms with Crippen LogP contribution in [0.15, 0.2) is 24.4 Å². The molecule has 1 aromatic heterocycles. The van der Waals surface area contributed by atoms with Crippen LogP contribution in [0.2, 0.25) is 0 Å². The molecule has 0 bridgehead atoms. The third kappa shape index (κ3) is 4.22. The molecule has 7 nitrogen and oxygen atoms in total. The molecular formula is C19H25N3O4S. The minimum atomic E-state index is -3.54. The van der Waals surface area contributed by atoms with Gasteiger partial charge >= 0.3 is 0 Å². The van der Waals surface area contributed by atoms with E-state index in [1.54, 1.807) is 11.1 Å². The number of amides is 1. The Morgan fingerprint density at radius 1 is 1.30 bits per heavy atom. The summed E-state index contributed by atoms with van der Waals surface area (Å²) >= 11 is 0. The van der Waals surface area contributed by atoms with Gasteiger partial charge in [0.05, 0.1) is 11.3 Å². The molecule has 2 heterocycles. The summed E-state index contributed by atoms with van der Waals surface area (Å²) < 4.78 is 24.4. The average molecular weight is 391 g/mol. The molecule has 1 aliphatic heterocycles. The van der Waals surface area contributed by atoms with Crippen molar-refractivity contribution in [2.75, 3.05) is 18.8 Å². The molecule has 1 aliphatic rings. The summed E-state index contributed by atoms with van der Waals surface area (Å²) in [4.78, 5) is 26.5. The Labute approximate surface area is 159 Å². The SMILES string of the molecule is CCc1cccc2c(C(C)=O)cn(CC(=O)N3CC[C@@H](CS(N)(=O)=O)C3)c12. The summed E-state index contributed by atoms with van der Waals surface area (Å²) in [6.45, 7) is 4.62. The fourth-order valence-corrected chi connectivity index (χ4v) is 4.83. The first kappa shape index (κ1) is 19.6. The maximum absolute atomic E-state index is 12.8. The van der Waals surface area contributed by atoms with Gasteiger partial charge in [-0.15, -0.1) is 0 Å². The van der Waals surface area contributed by atoms with Gasteiger partial charge in [-0.2, -0.15) is 0 Å². The molecule has 27 heavy (non-hydrogen) atoms. The number of carbonyl (C=O) groups excluding carboxylic acids is 2. The monoisotopic (exact) mass is 391 g/mol. The summed E-state index contributed by atoms with van der Waals surface area (Å²) in [7, 11) is -3.54. The number of aromatic nitrogens is 1. The van der Waals surface area contributed by atoms with E-state index in [0.29, 0.717) is 25.1 Å². The Hall–Kier alpha value is -2.19. The highest BCUT2D eigenvalue weighted by Crippen LogP contribution is 2.26. The quantitative estimate of drug-likeness (QED) is 0.755. The van der Waals surface area contributed by atoms with Gasteiger partial charge in [-0.1, -0.05) is 25.1 Å². The Bertz CT molecular complexity index is 994. The molecule has 146 valence electrons. The maximum atomic E-state index is 12.8. The molecule has 0 unspecified atom stereocenters. The zero-order valence-corrected chi connectivity index (χ0v) is 16.5. The molecule has 2 aromatic rings. The lowest BCUT2D eigenvalue weighted by Gasteiger charge is -2.18. The van der Waals surface area contributed by atoms with Crippen molar-refractivity contribution in [1.29, 1.82) is 0 Å². The average Bonchev–Trinajstić information content (AvgIpc) is 3.18. The molecule has 1 aromatic carbocycles. The molecule has 3 rings (SSSR count). The Kier molecular flexibility index (Phi) is 5.39. The van der Waals surface area contributed by atoms with Gasteiger partial charge in [-0.3, -0.25) is 9.59 Å². The minimum Gasteiger partial charge on any atom is -0.341 e. The van der Waals surface area contributed by atoms with Crippen molar-refractivity contribution in [1.82, 2.24) is 9.47 Å². The topological polar surface area (TPSA) is 102 Å². The van der Waals surface area contributed by atoms with Crippen molar-refractivity contribution in [3.8, 4) is 0 Å². The van der Waals surface area contributed by atoms with Crippen molar-refractivity contribution in [2.24, 2.45) is 11.1 Å². The van der Waals surface area contributed by atoms with Gasteiger partial charge in [0.25, 0.3) is 0 Å². The second-order valence-electron chi connectivity index (χ2n) is 7.22. The van der Waals surface area contributed by atoms with E-state index in [1.165, 1.54) is 6.92 Å². The predicted molar refractivity (Wildman–Crippen MR) is 104 cm³/mol. The largest absolute Gasteiger partial charge is 0.341 e. The van der Waals surface area contributed by atoms with Crippen LogP contribution in [0.3, 0.4) is 0 Å². The molecule has 1 fully saturated rings. The number of primary sulfonamides is 1. The summed E-state index contributed by atoms with van der Waals surface area (Å²) in [5, 5.41) is 5.98. The lowest BCUT2D eigenvalue weighted by atomic mass is 10.1. The van der Waals surface area contributed by atoms with Crippen LogP contribution in [0.25, 0.3) is 10.9 Å². The van der Waals surface area contributed by atoms with Crippen LogP contribution < -0.4 is 5.14 Å². The first-order chi connectivity index (χ1) is 12.7. The van der Waals surface area contributed by atoms with Crippen LogP contribution in [0.4, 0.5) is 0 Å². The molecule has 1 amide bonds. The number of benzene rings is 1. The van der Waals surface area contributed by atoms with Crippen molar-refractivity contribution in [3.05, 3.63) is 35.5 Å². The Morgan fingerprint density at radius 3 is 2.67 bits per heavy atom. The number of hydrogen-bond acceptors (Lipinski definition) is 4. The smallest absolute Gasteiger partial charge is 0.242 e. The molecule has 1 saturated heterocycles. The highest BCUT2D eigenvalue weighted by molar-refractivity contribution is 7.89. The molecule has 0 saturated carbocycles. The maximum Gasteiger partial charge on any atom is 0.242 e. The standard InChI is InChI=1S/C19H25N3O4S/c1-3-15-5-4-6-16-17(13(2)23)10-22(19(15)16)11-18(24)21-8-7-14(9-21)12-27(20,25)26/h4-6,10,14H,3,7-9,11-12H2,1-2H3,(H2,20,25,26)/t14-/m1/s1. The molecule has 8 heteroatoms. The number of likely N-dealkylation sites (tertiary alicyclic amines) is 1. The second-order valence-corrected chi connectivity index (χ2v) is 8.88. The number of nitrogens with zero attached hydrogens (tertiary/aromatic N) is 2. The van der Waals surface area contributed by atoms with Gasteiger partial charge in [0.1, 0.15) is 6.54 Å². The molecule has 1 atom stereocenters. The molecule has 0 spiro atoms. The number of sulfonamides is 1. The van der Waals surface area contributed by atoms with Crippen LogP contribution in [0.5, 0.6) is 0 Å². The summed E-state index contributed by atoms with van der Waals surface area (Å²) in [5.41, 5.74) is 2.61. The fraction of sp³-hybridized carbons (Fsp3) is 0.474. The number of para-hydroxylation sites is 1. The number of ketones is 1. The zero-order chi connectivity index (χ0) is 19.8. The van der Waals surface area contributed by atoms with E-state index >= 15 is 0 Å². The molecule has 2 N–H and O–H groups in total. The van der Waals surface area contributed by atoms with Crippen molar-refractivity contribution >= 4 is 32.6 Å². The van der Waals surface area contributed by atoms with E-state index in [1.807, 2.05) is 29.7 Å². The first-order valence-electron chi connectivity index (χ1n) is 9.09. The van der Waals surface area contributed by atoms with Gasteiger partial charge in [-0.25, -0.2) is 13.6 Å². The second kappa shape index (κ2) is 7.44. The Balaban J connectivity index is 1.84. The van der Waals surface area contributed by atoms with Gasteiger partial charge in [0.2, 0.25) is 15.9 Å². The number of carbonyl (C=O) groups is 2. The van der Waals surface area contributed by atoms with Crippen LogP contribution in [-0.2, 0) is 27.8 Å². The van der Waals surface area contributed by atoms with Gasteiger partial charge < -0.3 is 9.47 Å². The van der Waals surface area contributed by atoms with E-state index in [0.717, 1.165) is 22.9 Å². The lowest BCUT2D eigenvalue weighted by Crippen LogP contribution is -2.33. The summed E-state index contributed by atoms with van der Waals surface area (Å²) in [6, 6.07) is 5.84. The lowest BCUT2D eigenvalue weighted by molar-refractivity contribution is -0.130. The van der Waals surface area contributed by atoms with Crippen molar-refractivity contribution in [2.45, 2.75) is 33.2 Å². The third-order valence-electron chi connectivity index (χ3n) is 5.15. The number of rotatable bonds is 6. The molecule has 0 radical (unpaired) electrons. The summed E-state index contributed by atoms with van der Waals surface area (Å²) in [6.07, 6.45) is 3.18. The minimum absolute atomic E-state index is 0.0335. The normalized spacial score (nSPS) is 17.6. The van der Waals surface area contributed by atoms with Crippen LogP contribution in [0.1, 0.15) is 36.2 Å². The van der Waals surface area contributed by atoms with Gasteiger partial charge in [-0.05, 0) is 31.2 Å². The van der Waals surface area contributed by atoms with E-state index in [9.17, 15) is 18.0 Å². The predicted octanol–water partition coefficient (Wildman–Crippen LogP) is 1.54. The van der Waals surface area contributed by atoms with E-state index in [-0.39, 0.29) is 29.9 Å². The third-order valence-corrected chi connectivity index (χ3v) is 6.09. The van der Waals surface area contributed by atoms with Gasteiger partial charge in [0, 0.05) is 30.2 Å². The van der Waals surface area contributed by atoms with Crippen molar-refractivity contribution in [3.63, 3.8) is 0 Å². The fourth-order valence-electron chi connectivity index (χ4n) is 3.90. The number of nitrogens with two attached hydrogens (primary N) is 1. The van der Waals surface area contributed by atoms with Gasteiger partial charge in [0.15, 0.2) is 5.78 Å². The first-order valence-corrected chi connectivity index (χ1v) is 10.8. The number of Topliss-reactive ketones (excluding diaryl/α,β-unsaturated/α-hetero) is 1.